The second-order valence-corrected chi connectivity index (χ2v) is 9.94. The van der Waals surface area contributed by atoms with E-state index in [1.54, 1.807) is 45.0 Å². The molecule has 2 aromatic rings. The Bertz CT molecular complexity index is 1090. The predicted octanol–water partition coefficient (Wildman–Crippen LogP) is 5.66. The molecular formula is C19H20ClN2O6PS. The van der Waals surface area contributed by atoms with E-state index >= 15 is 0 Å². The first-order chi connectivity index (χ1) is 14.0. The van der Waals surface area contributed by atoms with Crippen molar-refractivity contribution in [1.29, 1.82) is 5.26 Å². The average Bonchev–Trinajstić information content (AvgIpc) is 2.66. The van der Waals surface area contributed by atoms with Crippen molar-refractivity contribution in [2.24, 2.45) is 0 Å². The van der Waals surface area contributed by atoms with Crippen LogP contribution < -0.4 is 10.6 Å². The molecule has 0 bridgehead atoms. The van der Waals surface area contributed by atoms with Crippen molar-refractivity contribution in [3.8, 4) is 17.4 Å². The van der Waals surface area contributed by atoms with E-state index in [0.717, 1.165) is 14.2 Å². The molecule has 1 N–H and O–H groups in total. The highest BCUT2D eigenvalue weighted by molar-refractivity contribution is 7.73. The number of benzene rings is 1. The number of hydrogen-bond acceptors (Lipinski definition) is 8. The van der Waals surface area contributed by atoms with Crippen LogP contribution in [0.2, 0.25) is 5.02 Å². The second kappa shape index (κ2) is 9.29. The Morgan fingerprint density at radius 2 is 1.80 bits per heavy atom. The van der Waals surface area contributed by atoms with Crippen molar-refractivity contribution in [2.75, 3.05) is 19.5 Å². The van der Waals surface area contributed by atoms with Crippen LogP contribution in [-0.2, 0) is 18.3 Å². The number of amides is 1. The summed E-state index contributed by atoms with van der Waals surface area (Å²) in [5.41, 5.74) is -0.421. The van der Waals surface area contributed by atoms with Crippen molar-refractivity contribution >= 4 is 48.7 Å². The Morgan fingerprint density at radius 3 is 2.27 bits per heavy atom. The summed E-state index contributed by atoms with van der Waals surface area (Å²) in [6.07, 6.45) is -0.882. The summed E-state index contributed by atoms with van der Waals surface area (Å²) in [4.78, 5) is 12.4. The molecule has 30 heavy (non-hydrogen) atoms. The predicted molar refractivity (Wildman–Crippen MR) is 116 cm³/mol. The minimum absolute atomic E-state index is 0.0488. The topological polar surface area (TPSA) is 111 Å². The van der Waals surface area contributed by atoms with E-state index in [4.69, 9.17) is 42.0 Å². The molecule has 1 aromatic heterocycles. The van der Waals surface area contributed by atoms with E-state index in [1.807, 2.05) is 6.07 Å². The Kier molecular flexibility index (Phi) is 7.45. The molecule has 0 saturated carbocycles. The van der Waals surface area contributed by atoms with Crippen LogP contribution in [0.3, 0.4) is 0 Å². The first-order valence-electron chi connectivity index (χ1n) is 8.55. The summed E-state index contributed by atoms with van der Waals surface area (Å²) in [5, 5.41) is 12.3. The third-order valence-corrected chi connectivity index (χ3v) is 6.42. The Labute approximate surface area is 184 Å². The monoisotopic (exact) mass is 470 g/mol. The van der Waals surface area contributed by atoms with Gasteiger partial charge in [0.2, 0.25) is 5.88 Å². The SMILES string of the molecule is COP(=O)(OC)c1c(NC(=O)OC(C)(C)C)oc(-c2ccc(Cl)cc2)c(C#N)c1=S. The lowest BCUT2D eigenvalue weighted by Crippen LogP contribution is -2.29. The smallest absolute Gasteiger partial charge is 0.414 e. The highest BCUT2D eigenvalue weighted by atomic mass is 35.5. The quantitative estimate of drug-likeness (QED) is 0.440. The number of ether oxygens (including phenoxy) is 1. The van der Waals surface area contributed by atoms with E-state index in [0.29, 0.717) is 10.6 Å². The van der Waals surface area contributed by atoms with Gasteiger partial charge >= 0.3 is 13.7 Å². The van der Waals surface area contributed by atoms with Gasteiger partial charge in [-0.1, -0.05) is 23.8 Å². The van der Waals surface area contributed by atoms with Gasteiger partial charge in [0.05, 0.1) is 4.51 Å². The number of anilines is 1. The summed E-state index contributed by atoms with van der Waals surface area (Å²) < 4.78 is 34.1. The minimum Gasteiger partial charge on any atom is -0.444 e. The molecule has 1 amide bonds. The first-order valence-corrected chi connectivity index (χ1v) is 10.9. The summed E-state index contributed by atoms with van der Waals surface area (Å²) >= 11 is 11.3. The largest absolute Gasteiger partial charge is 0.444 e. The highest BCUT2D eigenvalue weighted by Crippen LogP contribution is 2.49. The van der Waals surface area contributed by atoms with Crippen LogP contribution in [0.15, 0.2) is 28.7 Å². The molecule has 0 atom stereocenters. The van der Waals surface area contributed by atoms with Crippen molar-refractivity contribution in [2.45, 2.75) is 26.4 Å². The third kappa shape index (κ3) is 5.28. The Balaban J connectivity index is 2.80. The van der Waals surface area contributed by atoms with Crippen LogP contribution in [-0.4, -0.2) is 25.9 Å². The lowest BCUT2D eigenvalue weighted by atomic mass is 10.1. The molecule has 0 aliphatic carbocycles. The molecule has 11 heteroatoms. The lowest BCUT2D eigenvalue weighted by molar-refractivity contribution is 0.0632. The van der Waals surface area contributed by atoms with Gasteiger partial charge in [0, 0.05) is 24.8 Å². The van der Waals surface area contributed by atoms with Crippen LogP contribution in [0, 0.1) is 15.8 Å². The van der Waals surface area contributed by atoms with Gasteiger partial charge in [-0.2, -0.15) is 5.26 Å². The van der Waals surface area contributed by atoms with Gasteiger partial charge in [0.25, 0.3) is 0 Å². The number of halogens is 1. The summed E-state index contributed by atoms with van der Waals surface area (Å²) in [6.45, 7) is 5.03. The molecule has 160 valence electrons. The molecule has 0 radical (unpaired) electrons. The first kappa shape index (κ1) is 24.1. The highest BCUT2D eigenvalue weighted by Gasteiger charge is 2.35. The summed E-state index contributed by atoms with van der Waals surface area (Å²) in [7, 11) is -1.72. The van der Waals surface area contributed by atoms with Crippen LogP contribution in [0.25, 0.3) is 11.3 Å². The molecule has 1 heterocycles. The fraction of sp³-hybridized carbons (Fsp3) is 0.316. The van der Waals surface area contributed by atoms with Gasteiger partial charge in [0.1, 0.15) is 22.5 Å². The zero-order valence-corrected chi connectivity index (χ0v) is 19.4. The zero-order valence-electron chi connectivity index (χ0n) is 16.9. The molecule has 0 aliphatic rings. The minimum atomic E-state index is -4.02. The molecule has 0 spiro atoms. The summed E-state index contributed by atoms with van der Waals surface area (Å²) in [6, 6.07) is 8.37. The van der Waals surface area contributed by atoms with Gasteiger partial charge in [-0.3, -0.25) is 9.88 Å². The number of nitrogens with zero attached hydrogens (tertiary/aromatic N) is 1. The van der Waals surface area contributed by atoms with Gasteiger partial charge in [0.15, 0.2) is 5.76 Å². The second-order valence-electron chi connectivity index (χ2n) is 6.92. The molecule has 0 aliphatic heterocycles. The Morgan fingerprint density at radius 1 is 1.23 bits per heavy atom. The number of rotatable bonds is 5. The Hall–Kier alpha value is -2.21. The van der Waals surface area contributed by atoms with Crippen LogP contribution in [0.1, 0.15) is 26.3 Å². The van der Waals surface area contributed by atoms with Gasteiger partial charge in [-0.25, -0.2) is 4.79 Å². The maximum Gasteiger partial charge on any atom is 0.414 e. The summed E-state index contributed by atoms with van der Waals surface area (Å²) in [5.74, 6) is -0.266. The third-order valence-electron chi connectivity index (χ3n) is 3.68. The molecule has 0 saturated heterocycles. The molecule has 0 fully saturated rings. The van der Waals surface area contributed by atoms with Crippen LogP contribution in [0.4, 0.5) is 10.7 Å². The van der Waals surface area contributed by atoms with Crippen molar-refractivity contribution in [3.63, 3.8) is 0 Å². The van der Waals surface area contributed by atoms with Crippen molar-refractivity contribution in [1.82, 2.24) is 0 Å². The van der Waals surface area contributed by atoms with E-state index in [9.17, 15) is 14.6 Å². The van der Waals surface area contributed by atoms with Crippen LogP contribution in [0.5, 0.6) is 0 Å². The van der Waals surface area contributed by atoms with E-state index in [2.05, 4.69) is 5.32 Å². The number of carbonyl (C=O) groups is 1. The molecule has 1 aromatic carbocycles. The number of carbonyl (C=O) groups excluding carboxylic acids is 1. The van der Waals surface area contributed by atoms with Gasteiger partial charge in [-0.05, 0) is 45.0 Å². The molecule has 0 unspecified atom stereocenters. The average molecular weight is 471 g/mol. The zero-order chi connectivity index (χ0) is 22.7. The lowest BCUT2D eigenvalue weighted by Gasteiger charge is -2.22. The maximum atomic E-state index is 13.1. The normalized spacial score (nSPS) is 11.6. The van der Waals surface area contributed by atoms with Crippen molar-refractivity contribution in [3.05, 3.63) is 39.4 Å². The maximum absolute atomic E-state index is 13.1. The van der Waals surface area contributed by atoms with Crippen LogP contribution >= 0.6 is 31.4 Å². The standard InChI is InChI=1S/C19H20ClN2O6PS/c1-19(2,3)28-18(23)22-17-15(29(24,25-4)26-5)16(30)13(10-21)14(27-17)11-6-8-12(20)9-7-11/h6-9H,1-5H3,(H,22,23). The fourth-order valence-corrected chi connectivity index (χ4v) is 4.34. The van der Waals surface area contributed by atoms with Crippen molar-refractivity contribution < 1.29 is 27.6 Å². The molecular weight excluding hydrogens is 451 g/mol. The van der Waals surface area contributed by atoms with E-state index in [1.165, 1.54) is 0 Å². The molecule has 8 nitrogen and oxygen atoms in total. The number of nitrogens with one attached hydrogen (secondary N) is 1. The molecule has 2 rings (SSSR count). The van der Waals surface area contributed by atoms with E-state index in [-0.39, 0.29) is 27.0 Å². The fourth-order valence-electron chi connectivity index (χ4n) is 2.42. The number of nitriles is 1. The number of hydrogen-bond donors (Lipinski definition) is 1. The van der Waals surface area contributed by atoms with E-state index < -0.39 is 19.3 Å². The van der Waals surface area contributed by atoms with Gasteiger partial charge in [-0.15, -0.1) is 0 Å². The van der Waals surface area contributed by atoms with Gasteiger partial charge < -0.3 is 18.2 Å².